The molecule has 1 aliphatic carbocycles. The summed E-state index contributed by atoms with van der Waals surface area (Å²) >= 11 is 0. The van der Waals surface area contributed by atoms with Crippen molar-refractivity contribution in [3.63, 3.8) is 0 Å². The summed E-state index contributed by atoms with van der Waals surface area (Å²) in [4.78, 5) is 2.36. The molecule has 1 N–H and O–H groups in total. The van der Waals surface area contributed by atoms with E-state index in [9.17, 15) is 13.7 Å². The monoisotopic (exact) mass is 425 g/mol. The topological polar surface area (TPSA) is 82.4 Å². The molecule has 0 aromatic heterocycles. The summed E-state index contributed by atoms with van der Waals surface area (Å²) < 4.78 is 31.0. The average Bonchev–Trinajstić information content (AvgIpc) is 3.33. The highest BCUT2D eigenvalue weighted by atomic mass is 32.2. The highest BCUT2D eigenvalue weighted by molar-refractivity contribution is 7.92. The Bertz CT molecular complexity index is 1050. The normalized spacial score (nSPS) is 21.3. The van der Waals surface area contributed by atoms with Crippen molar-refractivity contribution in [3.8, 4) is 11.8 Å². The van der Waals surface area contributed by atoms with E-state index in [-0.39, 0.29) is 12.0 Å². The van der Waals surface area contributed by atoms with Crippen LogP contribution in [0.25, 0.3) is 0 Å². The maximum atomic E-state index is 11.5. The number of anilines is 2. The molecule has 2 aromatic carbocycles. The number of nitriles is 1. The first kappa shape index (κ1) is 20.5. The van der Waals surface area contributed by atoms with E-state index in [1.807, 2.05) is 30.3 Å². The number of benzene rings is 2. The van der Waals surface area contributed by atoms with Gasteiger partial charge in [0.25, 0.3) is 0 Å². The molecule has 0 spiro atoms. The second kappa shape index (κ2) is 8.19. The van der Waals surface area contributed by atoms with Crippen LogP contribution < -0.4 is 14.4 Å². The molecule has 158 valence electrons. The molecule has 0 amide bonds. The molecule has 2 atom stereocenters. The summed E-state index contributed by atoms with van der Waals surface area (Å²) in [7, 11) is -1.67. The van der Waals surface area contributed by atoms with Crippen LogP contribution in [0.5, 0.6) is 5.75 Å². The maximum Gasteiger partial charge on any atom is 0.229 e. The predicted molar refractivity (Wildman–Crippen MR) is 118 cm³/mol. The van der Waals surface area contributed by atoms with Crippen LogP contribution in [-0.4, -0.2) is 28.3 Å². The second-order valence-electron chi connectivity index (χ2n) is 8.28. The summed E-state index contributed by atoms with van der Waals surface area (Å²) in [6, 6.07) is 15.7. The van der Waals surface area contributed by atoms with Crippen molar-refractivity contribution in [1.82, 2.24) is 0 Å². The van der Waals surface area contributed by atoms with Crippen molar-refractivity contribution >= 4 is 21.4 Å². The summed E-state index contributed by atoms with van der Waals surface area (Å²) in [6.07, 6.45) is 6.11. The van der Waals surface area contributed by atoms with E-state index in [2.05, 4.69) is 15.7 Å². The summed E-state index contributed by atoms with van der Waals surface area (Å²) in [6.45, 7) is 0.909. The molecule has 2 unspecified atom stereocenters. The summed E-state index contributed by atoms with van der Waals surface area (Å²) in [5.41, 5.74) is 3.62. The third-order valence-corrected chi connectivity index (χ3v) is 6.76. The Morgan fingerprint density at radius 3 is 2.47 bits per heavy atom. The lowest BCUT2D eigenvalue weighted by Crippen LogP contribution is -2.31. The number of nitrogens with zero attached hydrogens (tertiary/aromatic N) is 2. The van der Waals surface area contributed by atoms with Crippen molar-refractivity contribution in [2.75, 3.05) is 29.5 Å². The lowest BCUT2D eigenvalue weighted by molar-refractivity contribution is 0.414. The second-order valence-corrected chi connectivity index (χ2v) is 10.0. The Kier molecular flexibility index (Phi) is 5.61. The molecule has 1 fully saturated rings. The van der Waals surface area contributed by atoms with Gasteiger partial charge in [0, 0.05) is 24.0 Å². The van der Waals surface area contributed by atoms with E-state index in [0.717, 1.165) is 35.4 Å². The van der Waals surface area contributed by atoms with Crippen molar-refractivity contribution in [1.29, 1.82) is 5.26 Å². The number of methoxy groups -OCH3 is 1. The number of ether oxygens (including phenoxy) is 1. The van der Waals surface area contributed by atoms with Gasteiger partial charge in [-0.15, -0.1) is 0 Å². The van der Waals surface area contributed by atoms with Crippen LogP contribution in [0.1, 0.15) is 48.8 Å². The highest BCUT2D eigenvalue weighted by Gasteiger charge is 2.41. The third kappa shape index (κ3) is 4.10. The molecular weight excluding hydrogens is 398 g/mol. The molecule has 1 heterocycles. The number of sulfonamides is 1. The smallest absolute Gasteiger partial charge is 0.229 e. The molecule has 7 heteroatoms. The van der Waals surface area contributed by atoms with Crippen LogP contribution in [0, 0.1) is 17.2 Å². The first-order valence-electron chi connectivity index (χ1n) is 10.3. The molecule has 30 heavy (non-hydrogen) atoms. The molecule has 4 rings (SSSR count). The van der Waals surface area contributed by atoms with Gasteiger partial charge < -0.3 is 9.64 Å². The fraction of sp³-hybridized carbons (Fsp3) is 0.435. The fourth-order valence-electron chi connectivity index (χ4n) is 4.82. The van der Waals surface area contributed by atoms with Crippen LogP contribution in [0.15, 0.2) is 42.5 Å². The lowest BCUT2D eigenvalue weighted by atomic mass is 9.91. The molecule has 1 saturated carbocycles. The van der Waals surface area contributed by atoms with E-state index in [4.69, 9.17) is 4.74 Å². The van der Waals surface area contributed by atoms with Gasteiger partial charge in [0.15, 0.2) is 0 Å². The van der Waals surface area contributed by atoms with Crippen molar-refractivity contribution in [2.24, 2.45) is 5.92 Å². The zero-order valence-electron chi connectivity index (χ0n) is 17.3. The number of hydrogen-bond acceptors (Lipinski definition) is 5. The molecular formula is C23H27N3O3S. The van der Waals surface area contributed by atoms with Gasteiger partial charge in [0.1, 0.15) is 5.75 Å². The predicted octanol–water partition coefficient (Wildman–Crippen LogP) is 4.43. The summed E-state index contributed by atoms with van der Waals surface area (Å²) in [5, 5.41) is 10.1. The van der Waals surface area contributed by atoms with Crippen molar-refractivity contribution in [2.45, 2.75) is 37.6 Å². The van der Waals surface area contributed by atoms with E-state index < -0.39 is 10.0 Å². The van der Waals surface area contributed by atoms with Gasteiger partial charge in [-0.2, -0.15) is 5.26 Å². The molecule has 2 aliphatic rings. The van der Waals surface area contributed by atoms with Gasteiger partial charge in [-0.1, -0.05) is 31.0 Å². The minimum absolute atomic E-state index is 0.106. The molecule has 6 nitrogen and oxygen atoms in total. The number of rotatable bonds is 6. The molecule has 2 aromatic rings. The van der Waals surface area contributed by atoms with Gasteiger partial charge >= 0.3 is 0 Å². The Morgan fingerprint density at radius 1 is 1.17 bits per heavy atom. The van der Waals surface area contributed by atoms with Crippen LogP contribution >= 0.6 is 0 Å². The van der Waals surface area contributed by atoms with Crippen LogP contribution in [0.3, 0.4) is 0 Å². The van der Waals surface area contributed by atoms with Crippen molar-refractivity contribution in [3.05, 3.63) is 53.6 Å². The molecule has 1 aliphatic heterocycles. The molecule has 0 saturated heterocycles. The van der Waals surface area contributed by atoms with Crippen LogP contribution in [0.2, 0.25) is 0 Å². The Labute approximate surface area is 178 Å². The van der Waals surface area contributed by atoms with E-state index in [1.165, 1.54) is 25.7 Å². The quantitative estimate of drug-likeness (QED) is 0.741. The van der Waals surface area contributed by atoms with Gasteiger partial charge in [-0.05, 0) is 48.1 Å². The summed E-state index contributed by atoms with van der Waals surface area (Å²) in [5.74, 6) is 1.12. The first-order chi connectivity index (χ1) is 14.4. The fourth-order valence-corrected chi connectivity index (χ4v) is 5.38. The van der Waals surface area contributed by atoms with E-state index >= 15 is 0 Å². The van der Waals surface area contributed by atoms with E-state index in [0.29, 0.717) is 11.6 Å². The Balaban J connectivity index is 1.72. The van der Waals surface area contributed by atoms with Gasteiger partial charge in [0.05, 0.1) is 31.4 Å². The molecule has 0 radical (unpaired) electrons. The minimum Gasteiger partial charge on any atom is -0.497 e. The zero-order chi connectivity index (χ0) is 21.3. The van der Waals surface area contributed by atoms with Crippen molar-refractivity contribution < 1.29 is 13.2 Å². The first-order valence-corrected chi connectivity index (χ1v) is 12.2. The van der Waals surface area contributed by atoms with E-state index in [1.54, 1.807) is 19.2 Å². The van der Waals surface area contributed by atoms with Crippen LogP contribution in [0.4, 0.5) is 11.4 Å². The largest absolute Gasteiger partial charge is 0.497 e. The number of nitrogens with one attached hydrogen (secondary N) is 1. The highest BCUT2D eigenvalue weighted by Crippen LogP contribution is 2.50. The zero-order valence-corrected chi connectivity index (χ0v) is 18.2. The van der Waals surface area contributed by atoms with Gasteiger partial charge in [-0.25, -0.2) is 8.42 Å². The third-order valence-electron chi connectivity index (χ3n) is 6.16. The number of fused-ring (bicyclic) bond motifs is 1. The average molecular weight is 426 g/mol. The Morgan fingerprint density at radius 2 is 1.87 bits per heavy atom. The van der Waals surface area contributed by atoms with Crippen LogP contribution in [-0.2, 0) is 10.0 Å². The molecule has 0 bridgehead atoms. The SMILES string of the molecule is COc1ccc2c(c1)N(CC1CCCC1)C(c1ccc(NS(C)(=O)=O)cc1)C2C#N. The minimum atomic E-state index is -3.33. The lowest BCUT2D eigenvalue weighted by Gasteiger charge is -2.31. The van der Waals surface area contributed by atoms with Gasteiger partial charge in [-0.3, -0.25) is 4.72 Å². The number of hydrogen-bond donors (Lipinski definition) is 1. The Hall–Kier alpha value is -2.72. The maximum absolute atomic E-state index is 11.5. The standard InChI is InChI=1S/C23H27N3O3S/c1-29-19-11-12-20-21(14-24)23(17-7-9-18(10-8-17)25-30(2,27)28)26(22(20)13-19)15-16-5-3-4-6-16/h7-13,16,21,23,25H,3-6,15H2,1-2H3. The van der Waals surface area contributed by atoms with Gasteiger partial charge in [0.2, 0.25) is 10.0 Å².